The smallest absolute Gasteiger partial charge is 0.360 e. The minimum Gasteiger partial charge on any atom is -0.462 e. The topological polar surface area (TPSA) is 131 Å². The van der Waals surface area contributed by atoms with Gasteiger partial charge in [0.1, 0.15) is 22.7 Å². The molecule has 2 aliphatic rings. The number of halogens is 1. The van der Waals surface area contributed by atoms with Crippen molar-refractivity contribution in [2.75, 3.05) is 43.0 Å². The SMILES string of the molecule is CCOC(=O)c1cn(C2CC2)c2cc(N3CCN(C(=O)CCCCCCCCC(=O)Nc4cc5ccccc5oc4=O)CC3)c(F)cc2c1=O. The summed E-state index contributed by atoms with van der Waals surface area (Å²) >= 11 is 0. The Balaban J connectivity index is 0.913. The average Bonchev–Trinajstić information content (AvgIpc) is 3.96. The summed E-state index contributed by atoms with van der Waals surface area (Å²) in [5.41, 5.74) is 0.424. The van der Waals surface area contributed by atoms with Gasteiger partial charge in [-0.3, -0.25) is 14.4 Å². The summed E-state index contributed by atoms with van der Waals surface area (Å²) in [4.78, 5) is 66.7. The van der Waals surface area contributed by atoms with Crippen molar-refractivity contribution in [1.82, 2.24) is 9.47 Å². The van der Waals surface area contributed by atoms with Crippen LogP contribution in [0, 0.1) is 5.82 Å². The van der Waals surface area contributed by atoms with E-state index >= 15 is 4.39 Å². The van der Waals surface area contributed by atoms with Crippen molar-refractivity contribution in [2.24, 2.45) is 0 Å². The van der Waals surface area contributed by atoms with Gasteiger partial charge in [0, 0.05) is 62.0 Å². The highest BCUT2D eigenvalue weighted by atomic mass is 19.1. The van der Waals surface area contributed by atoms with Gasteiger partial charge in [-0.1, -0.05) is 43.9 Å². The second-order valence-electron chi connectivity index (χ2n) is 13.1. The average molecular weight is 687 g/mol. The number of rotatable bonds is 14. The van der Waals surface area contributed by atoms with E-state index < -0.39 is 22.8 Å². The van der Waals surface area contributed by atoms with Crippen molar-refractivity contribution in [3.8, 4) is 0 Å². The van der Waals surface area contributed by atoms with Crippen LogP contribution in [-0.4, -0.2) is 60.0 Å². The Hall–Kier alpha value is -5.00. The van der Waals surface area contributed by atoms with Crippen LogP contribution in [0.4, 0.5) is 15.8 Å². The number of unbranched alkanes of at least 4 members (excludes halogenated alkanes) is 5. The Morgan fingerprint density at radius 3 is 2.34 bits per heavy atom. The first-order valence-corrected chi connectivity index (χ1v) is 17.6. The van der Waals surface area contributed by atoms with Gasteiger partial charge in [0.05, 0.1) is 17.8 Å². The van der Waals surface area contributed by atoms with Gasteiger partial charge in [0.15, 0.2) is 0 Å². The van der Waals surface area contributed by atoms with E-state index in [0.717, 1.165) is 50.3 Å². The summed E-state index contributed by atoms with van der Waals surface area (Å²) in [5, 5.41) is 3.57. The molecule has 1 aliphatic heterocycles. The summed E-state index contributed by atoms with van der Waals surface area (Å²) < 4.78 is 27.7. The maximum Gasteiger partial charge on any atom is 0.360 e. The van der Waals surface area contributed by atoms with Crippen molar-refractivity contribution in [3.63, 3.8) is 0 Å². The van der Waals surface area contributed by atoms with Crippen molar-refractivity contribution in [1.29, 1.82) is 0 Å². The highest BCUT2D eigenvalue weighted by molar-refractivity contribution is 5.95. The molecule has 6 rings (SSSR count). The minimum atomic E-state index is -0.701. The fourth-order valence-electron chi connectivity index (χ4n) is 6.60. The van der Waals surface area contributed by atoms with E-state index in [2.05, 4.69) is 5.32 Å². The molecule has 12 heteroatoms. The number of pyridine rings is 1. The van der Waals surface area contributed by atoms with Crippen LogP contribution in [0.1, 0.15) is 87.5 Å². The number of nitrogens with one attached hydrogen (secondary N) is 1. The quantitative estimate of drug-likeness (QED) is 0.0948. The summed E-state index contributed by atoms with van der Waals surface area (Å²) in [6, 6.07) is 11.9. The van der Waals surface area contributed by atoms with E-state index in [9.17, 15) is 24.0 Å². The number of anilines is 2. The van der Waals surface area contributed by atoms with Crippen LogP contribution in [0.2, 0.25) is 0 Å². The van der Waals surface area contributed by atoms with Crippen LogP contribution < -0.4 is 21.3 Å². The van der Waals surface area contributed by atoms with Gasteiger partial charge in [-0.15, -0.1) is 0 Å². The van der Waals surface area contributed by atoms with Crippen molar-refractivity contribution >= 4 is 51.0 Å². The van der Waals surface area contributed by atoms with E-state index in [-0.39, 0.29) is 41.1 Å². The molecular weight excluding hydrogens is 643 g/mol. The molecule has 2 aromatic carbocycles. The summed E-state index contributed by atoms with van der Waals surface area (Å²) in [6.07, 6.45) is 9.36. The van der Waals surface area contributed by atoms with Gasteiger partial charge in [-0.05, 0) is 56.9 Å². The Labute approximate surface area is 289 Å². The summed E-state index contributed by atoms with van der Waals surface area (Å²) in [5.74, 6) is -1.36. The van der Waals surface area contributed by atoms with Gasteiger partial charge in [0.25, 0.3) is 0 Å². The molecule has 1 N–H and O–H groups in total. The van der Waals surface area contributed by atoms with Gasteiger partial charge in [-0.25, -0.2) is 14.0 Å². The summed E-state index contributed by atoms with van der Waals surface area (Å²) in [7, 11) is 0. The van der Waals surface area contributed by atoms with E-state index in [1.165, 1.54) is 6.07 Å². The number of fused-ring (bicyclic) bond motifs is 2. The van der Waals surface area contributed by atoms with Crippen LogP contribution in [0.3, 0.4) is 0 Å². The van der Waals surface area contributed by atoms with E-state index in [1.54, 1.807) is 37.4 Å². The molecule has 0 radical (unpaired) electrons. The predicted molar refractivity (Wildman–Crippen MR) is 189 cm³/mol. The normalized spacial score (nSPS) is 14.7. The fourth-order valence-corrected chi connectivity index (χ4v) is 6.60. The van der Waals surface area contributed by atoms with Crippen molar-refractivity contribution in [2.45, 2.75) is 77.2 Å². The third kappa shape index (κ3) is 8.06. The van der Waals surface area contributed by atoms with Crippen LogP contribution in [0.5, 0.6) is 0 Å². The molecule has 3 heterocycles. The third-order valence-corrected chi connectivity index (χ3v) is 9.47. The van der Waals surface area contributed by atoms with Crippen LogP contribution in [0.15, 0.2) is 62.7 Å². The largest absolute Gasteiger partial charge is 0.462 e. The molecule has 4 aromatic rings. The molecule has 0 spiro atoms. The van der Waals surface area contributed by atoms with Gasteiger partial charge >= 0.3 is 11.6 Å². The van der Waals surface area contributed by atoms with Crippen molar-refractivity contribution in [3.05, 3.63) is 80.7 Å². The highest BCUT2D eigenvalue weighted by Gasteiger charge is 2.29. The number of nitrogens with zero attached hydrogens (tertiary/aromatic N) is 3. The lowest BCUT2D eigenvalue weighted by Crippen LogP contribution is -2.49. The molecule has 1 saturated carbocycles. The van der Waals surface area contributed by atoms with Gasteiger partial charge in [0.2, 0.25) is 17.2 Å². The number of carbonyl (C=O) groups is 3. The summed E-state index contributed by atoms with van der Waals surface area (Å²) in [6.45, 7) is 3.73. The lowest BCUT2D eigenvalue weighted by atomic mass is 10.1. The number of amides is 2. The number of hydrogen-bond donors (Lipinski definition) is 1. The zero-order valence-electron chi connectivity index (χ0n) is 28.4. The van der Waals surface area contributed by atoms with E-state index in [0.29, 0.717) is 62.2 Å². The number of aromatic nitrogens is 1. The molecule has 11 nitrogen and oxygen atoms in total. The molecule has 2 aromatic heterocycles. The highest BCUT2D eigenvalue weighted by Crippen LogP contribution is 2.38. The number of hydrogen-bond acceptors (Lipinski definition) is 8. The molecule has 0 unspecified atom stereocenters. The van der Waals surface area contributed by atoms with Crippen LogP contribution >= 0.6 is 0 Å². The predicted octanol–water partition coefficient (Wildman–Crippen LogP) is 6.17. The minimum absolute atomic E-state index is 0.0824. The molecule has 1 saturated heterocycles. The fraction of sp³-hybridized carbons (Fsp3) is 0.447. The van der Waals surface area contributed by atoms with Crippen LogP contribution in [0.25, 0.3) is 21.9 Å². The molecule has 264 valence electrons. The van der Waals surface area contributed by atoms with E-state index in [4.69, 9.17) is 9.15 Å². The number of piperazine rings is 1. The monoisotopic (exact) mass is 686 g/mol. The second-order valence-corrected chi connectivity index (χ2v) is 13.1. The zero-order valence-corrected chi connectivity index (χ0v) is 28.4. The number of para-hydroxylation sites is 1. The number of benzene rings is 2. The lowest BCUT2D eigenvalue weighted by molar-refractivity contribution is -0.131. The lowest BCUT2D eigenvalue weighted by Gasteiger charge is -2.36. The Morgan fingerprint density at radius 1 is 0.920 bits per heavy atom. The Kier molecular flexibility index (Phi) is 10.9. The first-order chi connectivity index (χ1) is 24.2. The number of carbonyl (C=O) groups excluding carboxylic acids is 3. The molecule has 50 heavy (non-hydrogen) atoms. The molecule has 1 aliphatic carbocycles. The van der Waals surface area contributed by atoms with Gasteiger partial charge < -0.3 is 28.8 Å². The maximum absolute atomic E-state index is 15.5. The standard InChI is InChI=1S/C38H43FN4O7/c1-2-49-37(47)28-24-43(26-15-16-26)31-23-32(29(39)22-27(31)36(28)46)41-17-19-42(20-18-41)35(45)14-8-6-4-3-5-7-13-34(44)40-30-21-25-11-9-10-12-33(25)50-38(30)48/h9-12,21-24,26H,2-8,13-20H2,1H3,(H,40,44). The molecule has 0 atom stereocenters. The number of ether oxygens (including phenoxy) is 1. The van der Waals surface area contributed by atoms with Crippen molar-refractivity contribution < 1.29 is 27.9 Å². The maximum atomic E-state index is 15.5. The Bertz CT molecular complexity index is 2010. The Morgan fingerprint density at radius 2 is 1.62 bits per heavy atom. The third-order valence-electron chi connectivity index (χ3n) is 9.47. The molecule has 0 bridgehead atoms. The van der Waals surface area contributed by atoms with Gasteiger partial charge in [-0.2, -0.15) is 0 Å². The molecular formula is C38H43FN4O7. The first kappa shape index (κ1) is 34.8. The number of esters is 1. The molecule has 2 fully saturated rings. The zero-order chi connectivity index (χ0) is 35.2. The van der Waals surface area contributed by atoms with E-state index in [1.807, 2.05) is 26.5 Å². The second kappa shape index (κ2) is 15.7. The molecule has 2 amide bonds. The van der Waals surface area contributed by atoms with Crippen LogP contribution in [-0.2, 0) is 14.3 Å². The first-order valence-electron chi connectivity index (χ1n) is 17.6.